The zero-order valence-corrected chi connectivity index (χ0v) is 13.1. The third-order valence-corrected chi connectivity index (χ3v) is 3.49. The van der Waals surface area contributed by atoms with Crippen molar-refractivity contribution in [3.05, 3.63) is 54.1 Å². The number of anilines is 1. The molecule has 3 rings (SSSR count). The number of rotatable bonds is 2. The van der Waals surface area contributed by atoms with Gasteiger partial charge in [-0.15, -0.1) is 0 Å². The lowest BCUT2D eigenvalue weighted by Crippen LogP contribution is -2.65. The Kier molecular flexibility index (Phi) is 4.32. The highest BCUT2D eigenvalue weighted by molar-refractivity contribution is 5.90. The SMILES string of the molecule is O=C(Nc1ccccc1C(F)(F)F)NC1(C(F)(F)F)Oc2ccccc2O1. The average Bonchev–Trinajstić information content (AvgIpc) is 2.93. The van der Waals surface area contributed by atoms with Crippen LogP contribution in [-0.2, 0) is 6.18 Å². The molecule has 5 nitrogen and oxygen atoms in total. The van der Waals surface area contributed by atoms with Gasteiger partial charge in [0.2, 0.25) is 0 Å². The van der Waals surface area contributed by atoms with E-state index < -0.39 is 35.5 Å². The zero-order valence-electron chi connectivity index (χ0n) is 13.1. The molecule has 0 saturated heterocycles. The van der Waals surface area contributed by atoms with E-state index >= 15 is 0 Å². The summed E-state index contributed by atoms with van der Waals surface area (Å²) in [6.07, 6.45) is -10.0. The Labute approximate surface area is 147 Å². The number of ether oxygens (including phenoxy) is 2. The predicted molar refractivity (Wildman–Crippen MR) is 80.1 cm³/mol. The first-order valence-corrected chi connectivity index (χ1v) is 7.31. The molecule has 0 atom stereocenters. The third kappa shape index (κ3) is 3.57. The van der Waals surface area contributed by atoms with Crippen LogP contribution in [0.1, 0.15) is 5.56 Å². The van der Waals surface area contributed by atoms with E-state index in [0.717, 1.165) is 12.1 Å². The summed E-state index contributed by atoms with van der Waals surface area (Å²) in [5.74, 6) is -4.15. The molecule has 2 aromatic carbocycles. The van der Waals surface area contributed by atoms with Crippen LogP contribution in [0.15, 0.2) is 48.5 Å². The Bertz CT molecular complexity index is 841. The Balaban J connectivity index is 1.84. The van der Waals surface area contributed by atoms with Crippen LogP contribution in [0.2, 0.25) is 0 Å². The van der Waals surface area contributed by atoms with Crippen molar-refractivity contribution < 1.29 is 40.6 Å². The fourth-order valence-corrected chi connectivity index (χ4v) is 2.33. The van der Waals surface area contributed by atoms with Gasteiger partial charge < -0.3 is 14.8 Å². The number of nitrogens with one attached hydrogen (secondary N) is 2. The van der Waals surface area contributed by atoms with E-state index in [1.165, 1.54) is 35.6 Å². The zero-order chi connectivity index (χ0) is 19.9. The van der Waals surface area contributed by atoms with E-state index in [4.69, 9.17) is 9.47 Å². The Morgan fingerprint density at radius 3 is 1.89 bits per heavy atom. The van der Waals surface area contributed by atoms with E-state index in [-0.39, 0.29) is 11.5 Å². The molecule has 2 amide bonds. The summed E-state index contributed by atoms with van der Waals surface area (Å²) >= 11 is 0. The molecule has 1 heterocycles. The van der Waals surface area contributed by atoms with Crippen LogP contribution in [0, 0.1) is 0 Å². The summed E-state index contributed by atoms with van der Waals surface area (Å²) in [5.41, 5.74) is -1.95. The van der Waals surface area contributed by atoms with Gasteiger partial charge in [-0.3, -0.25) is 5.32 Å². The standard InChI is InChI=1S/C16H10F6N2O3/c17-14(18,19)9-5-1-2-6-10(9)23-13(25)24-16(15(20,21)22)26-11-7-3-4-8-12(11)27-16/h1-8H,(H2,23,24,25). The number of benzene rings is 2. The fourth-order valence-electron chi connectivity index (χ4n) is 2.33. The maximum Gasteiger partial charge on any atom is 0.492 e. The molecule has 1 aliphatic rings. The minimum atomic E-state index is -5.23. The second kappa shape index (κ2) is 6.25. The number of para-hydroxylation sites is 3. The van der Waals surface area contributed by atoms with Crippen molar-refractivity contribution in [3.8, 4) is 11.5 Å². The van der Waals surface area contributed by atoms with Crippen molar-refractivity contribution >= 4 is 11.7 Å². The smallest absolute Gasteiger partial charge is 0.424 e. The molecule has 0 aliphatic carbocycles. The fraction of sp³-hybridized carbons (Fsp3) is 0.188. The highest BCUT2D eigenvalue weighted by atomic mass is 19.4. The molecule has 2 N–H and O–H groups in total. The van der Waals surface area contributed by atoms with Crippen molar-refractivity contribution in [2.24, 2.45) is 0 Å². The van der Waals surface area contributed by atoms with E-state index in [1.54, 1.807) is 5.32 Å². The molecule has 1 aliphatic heterocycles. The van der Waals surface area contributed by atoms with Crippen LogP contribution < -0.4 is 20.1 Å². The first kappa shape index (κ1) is 18.7. The molecule has 144 valence electrons. The van der Waals surface area contributed by atoms with E-state index in [2.05, 4.69) is 0 Å². The van der Waals surface area contributed by atoms with Crippen LogP contribution in [0.4, 0.5) is 36.8 Å². The lowest BCUT2D eigenvalue weighted by molar-refractivity contribution is -0.317. The van der Waals surface area contributed by atoms with Gasteiger partial charge in [-0.05, 0) is 24.3 Å². The molecule has 0 radical (unpaired) electrons. The number of halogens is 6. The number of amides is 2. The lowest BCUT2D eigenvalue weighted by Gasteiger charge is -2.29. The van der Waals surface area contributed by atoms with E-state index in [0.29, 0.717) is 6.07 Å². The number of hydrogen-bond donors (Lipinski definition) is 2. The number of fused-ring (bicyclic) bond motifs is 1. The molecule has 0 saturated carbocycles. The van der Waals surface area contributed by atoms with Crippen molar-refractivity contribution in [2.75, 3.05) is 5.32 Å². The van der Waals surface area contributed by atoms with Crippen molar-refractivity contribution in [3.63, 3.8) is 0 Å². The number of alkyl halides is 6. The number of carbonyl (C=O) groups excluding carboxylic acids is 1. The number of hydrogen-bond acceptors (Lipinski definition) is 3. The number of urea groups is 1. The normalized spacial score (nSPS) is 15.3. The summed E-state index contributed by atoms with van der Waals surface area (Å²) in [5, 5.41) is 3.16. The minimum absolute atomic E-state index is 0.286. The van der Waals surface area contributed by atoms with Gasteiger partial charge in [0.1, 0.15) is 0 Å². The first-order valence-electron chi connectivity index (χ1n) is 7.31. The van der Waals surface area contributed by atoms with E-state index in [9.17, 15) is 31.1 Å². The van der Waals surface area contributed by atoms with Gasteiger partial charge in [0.05, 0.1) is 11.3 Å². The van der Waals surface area contributed by atoms with Gasteiger partial charge in [-0.1, -0.05) is 24.3 Å². The minimum Gasteiger partial charge on any atom is -0.424 e. The van der Waals surface area contributed by atoms with Crippen LogP contribution in [-0.4, -0.2) is 18.1 Å². The molecule has 11 heteroatoms. The molecular formula is C16H10F6N2O3. The molecule has 0 aromatic heterocycles. The Morgan fingerprint density at radius 1 is 0.852 bits per heavy atom. The molecule has 0 spiro atoms. The summed E-state index contributed by atoms with van der Waals surface area (Å²) in [7, 11) is 0. The molecule has 0 unspecified atom stereocenters. The van der Waals surface area contributed by atoms with Crippen LogP contribution in [0.3, 0.4) is 0 Å². The second-order valence-corrected chi connectivity index (χ2v) is 5.39. The predicted octanol–water partition coefficient (Wildman–Crippen LogP) is 4.51. The lowest BCUT2D eigenvalue weighted by atomic mass is 10.1. The highest BCUT2D eigenvalue weighted by Gasteiger charge is 2.65. The van der Waals surface area contributed by atoms with Crippen LogP contribution >= 0.6 is 0 Å². The monoisotopic (exact) mass is 392 g/mol. The van der Waals surface area contributed by atoms with Gasteiger partial charge in [-0.25, -0.2) is 4.79 Å². The maximum atomic E-state index is 13.5. The van der Waals surface area contributed by atoms with Crippen LogP contribution in [0.5, 0.6) is 11.5 Å². The van der Waals surface area contributed by atoms with Gasteiger partial charge >= 0.3 is 24.3 Å². The van der Waals surface area contributed by atoms with Crippen LogP contribution in [0.25, 0.3) is 0 Å². The second-order valence-electron chi connectivity index (χ2n) is 5.39. The quantitative estimate of drug-likeness (QED) is 0.740. The Hall–Kier alpha value is -3.11. The molecule has 0 fully saturated rings. The van der Waals surface area contributed by atoms with Gasteiger partial charge in [0.25, 0.3) is 0 Å². The summed E-state index contributed by atoms with van der Waals surface area (Å²) < 4.78 is 88.7. The maximum absolute atomic E-state index is 13.5. The highest BCUT2D eigenvalue weighted by Crippen LogP contribution is 2.45. The topological polar surface area (TPSA) is 59.6 Å². The van der Waals surface area contributed by atoms with Gasteiger partial charge in [0, 0.05) is 0 Å². The Morgan fingerprint density at radius 2 is 1.37 bits per heavy atom. The first-order chi connectivity index (χ1) is 12.5. The average molecular weight is 392 g/mol. The summed E-state index contributed by atoms with van der Waals surface area (Å²) in [6, 6.07) is 7.36. The van der Waals surface area contributed by atoms with Crippen molar-refractivity contribution in [1.29, 1.82) is 0 Å². The van der Waals surface area contributed by atoms with E-state index in [1.807, 2.05) is 0 Å². The number of carbonyl (C=O) groups is 1. The molecular weight excluding hydrogens is 382 g/mol. The third-order valence-electron chi connectivity index (χ3n) is 3.49. The van der Waals surface area contributed by atoms with Gasteiger partial charge in [0.15, 0.2) is 11.5 Å². The van der Waals surface area contributed by atoms with Gasteiger partial charge in [-0.2, -0.15) is 26.3 Å². The van der Waals surface area contributed by atoms with Crippen molar-refractivity contribution in [1.82, 2.24) is 5.32 Å². The van der Waals surface area contributed by atoms with Crippen molar-refractivity contribution in [2.45, 2.75) is 18.3 Å². The summed E-state index contributed by atoms with van der Waals surface area (Å²) in [6.45, 7) is 0. The largest absolute Gasteiger partial charge is 0.492 e. The molecule has 2 aromatic rings. The molecule has 0 bridgehead atoms. The summed E-state index contributed by atoms with van der Waals surface area (Å²) in [4.78, 5) is 12.0. The molecule has 27 heavy (non-hydrogen) atoms.